The Morgan fingerprint density at radius 3 is 2.79 bits per heavy atom. The normalized spacial score (nSPS) is 16.2. The van der Waals surface area contributed by atoms with Gasteiger partial charge in [0.15, 0.2) is 23.1 Å². The molecule has 28 heavy (non-hydrogen) atoms. The van der Waals surface area contributed by atoms with Crippen LogP contribution >= 0.6 is 11.6 Å². The SMILES string of the molecule is COc1cc(-c2nnc3n2[C@@H](C)C(=O)N(Cc2ccccc2Cl)C3)ccc1O. The summed E-state index contributed by atoms with van der Waals surface area (Å²) in [5.41, 5.74) is 1.61. The van der Waals surface area contributed by atoms with Crippen LogP contribution in [0.3, 0.4) is 0 Å². The summed E-state index contributed by atoms with van der Waals surface area (Å²) in [6, 6.07) is 12.0. The van der Waals surface area contributed by atoms with Gasteiger partial charge in [0.2, 0.25) is 5.91 Å². The van der Waals surface area contributed by atoms with Gasteiger partial charge in [0.05, 0.1) is 13.7 Å². The van der Waals surface area contributed by atoms with E-state index in [-0.39, 0.29) is 11.7 Å². The number of carbonyl (C=O) groups excluding carboxylic acids is 1. The molecule has 0 aliphatic carbocycles. The minimum atomic E-state index is -0.462. The second kappa shape index (κ2) is 7.16. The van der Waals surface area contributed by atoms with Gasteiger partial charge in [-0.3, -0.25) is 9.36 Å². The van der Waals surface area contributed by atoms with E-state index < -0.39 is 6.04 Å². The molecule has 0 spiro atoms. The summed E-state index contributed by atoms with van der Waals surface area (Å²) >= 11 is 6.25. The highest BCUT2D eigenvalue weighted by molar-refractivity contribution is 6.31. The molecule has 4 rings (SSSR count). The Kier molecular flexibility index (Phi) is 4.68. The first-order valence-corrected chi connectivity index (χ1v) is 9.20. The zero-order chi connectivity index (χ0) is 19.8. The average molecular weight is 399 g/mol. The summed E-state index contributed by atoms with van der Waals surface area (Å²) in [6.45, 7) is 2.59. The van der Waals surface area contributed by atoms with Crippen molar-refractivity contribution in [2.75, 3.05) is 7.11 Å². The van der Waals surface area contributed by atoms with E-state index in [0.717, 1.165) is 5.56 Å². The first-order chi connectivity index (χ1) is 13.5. The van der Waals surface area contributed by atoms with Gasteiger partial charge < -0.3 is 14.7 Å². The minimum absolute atomic E-state index is 0.0285. The molecule has 8 heteroatoms. The molecule has 2 aromatic carbocycles. The number of fused-ring (bicyclic) bond motifs is 1. The Hall–Kier alpha value is -3.06. The lowest BCUT2D eigenvalue weighted by molar-refractivity contribution is -0.137. The molecule has 1 amide bonds. The van der Waals surface area contributed by atoms with Gasteiger partial charge in [-0.2, -0.15) is 0 Å². The third kappa shape index (κ3) is 3.07. The Bertz CT molecular complexity index is 1050. The number of aromatic nitrogens is 3. The summed E-state index contributed by atoms with van der Waals surface area (Å²) in [5.74, 6) is 1.61. The molecule has 0 unspecified atom stereocenters. The van der Waals surface area contributed by atoms with E-state index in [1.165, 1.54) is 13.2 Å². The van der Waals surface area contributed by atoms with E-state index in [1.807, 2.05) is 35.8 Å². The van der Waals surface area contributed by atoms with Crippen molar-refractivity contribution in [2.45, 2.75) is 26.1 Å². The van der Waals surface area contributed by atoms with E-state index >= 15 is 0 Å². The number of amides is 1. The van der Waals surface area contributed by atoms with Gasteiger partial charge in [0, 0.05) is 17.1 Å². The van der Waals surface area contributed by atoms with E-state index in [2.05, 4.69) is 10.2 Å². The molecule has 1 N–H and O–H groups in total. The van der Waals surface area contributed by atoms with E-state index in [0.29, 0.717) is 41.1 Å². The van der Waals surface area contributed by atoms with Crippen LogP contribution in [0.4, 0.5) is 0 Å². The van der Waals surface area contributed by atoms with Crippen LogP contribution in [-0.4, -0.2) is 37.8 Å². The highest BCUT2D eigenvalue weighted by atomic mass is 35.5. The van der Waals surface area contributed by atoms with E-state index in [9.17, 15) is 9.90 Å². The number of aromatic hydroxyl groups is 1. The molecule has 1 aliphatic rings. The fourth-order valence-electron chi connectivity index (χ4n) is 3.44. The highest BCUT2D eigenvalue weighted by Crippen LogP contribution is 2.34. The molecule has 0 radical (unpaired) electrons. The molecule has 1 aliphatic heterocycles. The van der Waals surface area contributed by atoms with Gasteiger partial charge in [0.1, 0.15) is 6.04 Å². The number of hydrogen-bond donors (Lipinski definition) is 1. The van der Waals surface area contributed by atoms with Crippen molar-refractivity contribution < 1.29 is 14.6 Å². The van der Waals surface area contributed by atoms with Crippen LogP contribution < -0.4 is 4.74 Å². The quantitative estimate of drug-likeness (QED) is 0.728. The molecule has 1 atom stereocenters. The largest absolute Gasteiger partial charge is 0.504 e. The van der Waals surface area contributed by atoms with Crippen molar-refractivity contribution in [3.8, 4) is 22.9 Å². The zero-order valence-electron chi connectivity index (χ0n) is 15.5. The first-order valence-electron chi connectivity index (χ1n) is 8.83. The van der Waals surface area contributed by atoms with Crippen LogP contribution in [0.25, 0.3) is 11.4 Å². The molecule has 7 nitrogen and oxygen atoms in total. The summed E-state index contributed by atoms with van der Waals surface area (Å²) < 4.78 is 7.01. The molecule has 0 bridgehead atoms. The van der Waals surface area contributed by atoms with Crippen molar-refractivity contribution in [1.82, 2.24) is 19.7 Å². The molecule has 0 saturated carbocycles. The molecule has 0 fully saturated rings. The number of hydrogen-bond acceptors (Lipinski definition) is 5. The van der Waals surface area contributed by atoms with E-state index in [1.54, 1.807) is 17.0 Å². The first kappa shape index (κ1) is 18.3. The average Bonchev–Trinajstić information content (AvgIpc) is 3.12. The number of phenolic OH excluding ortho intramolecular Hbond substituents is 1. The van der Waals surface area contributed by atoms with Crippen LogP contribution in [-0.2, 0) is 17.9 Å². The molecule has 3 aromatic rings. The molecule has 2 heterocycles. The molecule has 1 aromatic heterocycles. The highest BCUT2D eigenvalue weighted by Gasteiger charge is 2.33. The Balaban J connectivity index is 1.68. The van der Waals surface area contributed by atoms with Crippen LogP contribution in [0.1, 0.15) is 24.4 Å². The van der Waals surface area contributed by atoms with Crippen molar-refractivity contribution in [2.24, 2.45) is 0 Å². The van der Waals surface area contributed by atoms with Crippen LogP contribution in [0.5, 0.6) is 11.5 Å². The van der Waals surface area contributed by atoms with Crippen LogP contribution in [0.2, 0.25) is 5.02 Å². The molecular weight excluding hydrogens is 380 g/mol. The Morgan fingerprint density at radius 2 is 2.04 bits per heavy atom. The summed E-state index contributed by atoms with van der Waals surface area (Å²) in [5, 5.41) is 19.0. The lowest BCUT2D eigenvalue weighted by Crippen LogP contribution is -2.41. The van der Waals surface area contributed by atoms with Crippen LogP contribution in [0, 0.1) is 0 Å². The summed E-state index contributed by atoms with van der Waals surface area (Å²) in [6.07, 6.45) is 0. The maximum Gasteiger partial charge on any atom is 0.246 e. The number of carbonyl (C=O) groups is 1. The topological polar surface area (TPSA) is 80.5 Å². The summed E-state index contributed by atoms with van der Waals surface area (Å²) in [4.78, 5) is 14.7. The van der Waals surface area contributed by atoms with Gasteiger partial charge in [0.25, 0.3) is 0 Å². The van der Waals surface area contributed by atoms with Gasteiger partial charge in [-0.05, 0) is 36.8 Å². The predicted molar refractivity (Wildman–Crippen MR) is 104 cm³/mol. The van der Waals surface area contributed by atoms with Gasteiger partial charge in [-0.15, -0.1) is 10.2 Å². The number of methoxy groups -OCH3 is 1. The molecular formula is C20H19ClN4O3. The van der Waals surface area contributed by atoms with Crippen molar-refractivity contribution >= 4 is 17.5 Å². The number of phenols is 1. The van der Waals surface area contributed by atoms with E-state index in [4.69, 9.17) is 16.3 Å². The lowest BCUT2D eigenvalue weighted by Gasteiger charge is -2.32. The van der Waals surface area contributed by atoms with Crippen molar-refractivity contribution in [1.29, 1.82) is 0 Å². The van der Waals surface area contributed by atoms with Gasteiger partial charge >= 0.3 is 0 Å². The monoisotopic (exact) mass is 398 g/mol. The van der Waals surface area contributed by atoms with Crippen molar-refractivity contribution in [3.05, 3.63) is 58.9 Å². The summed E-state index contributed by atoms with van der Waals surface area (Å²) in [7, 11) is 1.48. The number of nitrogens with zero attached hydrogens (tertiary/aromatic N) is 4. The third-order valence-corrected chi connectivity index (χ3v) is 5.28. The molecule has 0 saturated heterocycles. The van der Waals surface area contributed by atoms with Crippen molar-refractivity contribution in [3.63, 3.8) is 0 Å². The van der Waals surface area contributed by atoms with Crippen LogP contribution in [0.15, 0.2) is 42.5 Å². The van der Waals surface area contributed by atoms with Gasteiger partial charge in [-0.1, -0.05) is 29.8 Å². The fourth-order valence-corrected chi connectivity index (χ4v) is 3.64. The third-order valence-electron chi connectivity index (χ3n) is 4.91. The van der Waals surface area contributed by atoms with Gasteiger partial charge in [-0.25, -0.2) is 0 Å². The zero-order valence-corrected chi connectivity index (χ0v) is 16.2. The second-order valence-electron chi connectivity index (χ2n) is 6.66. The second-order valence-corrected chi connectivity index (χ2v) is 7.07. The number of benzene rings is 2. The molecule has 144 valence electrons. The lowest BCUT2D eigenvalue weighted by atomic mass is 10.1. The fraction of sp³-hybridized carbons (Fsp3) is 0.250. The standard InChI is InChI=1S/C20H19ClN4O3/c1-12-20(27)24(10-14-5-3-4-6-15(14)21)11-18-22-23-19(25(12)18)13-7-8-16(26)17(9-13)28-2/h3-9,12,26H,10-11H2,1-2H3/t12-/m0/s1. The Labute approximate surface area is 167 Å². The predicted octanol–water partition coefficient (Wildman–Crippen LogP) is 3.42. The smallest absolute Gasteiger partial charge is 0.246 e. The number of halogens is 1. The minimum Gasteiger partial charge on any atom is -0.504 e. The maximum absolute atomic E-state index is 13.0. The number of rotatable bonds is 4. The maximum atomic E-state index is 13.0. The Morgan fingerprint density at radius 1 is 1.25 bits per heavy atom. The number of ether oxygens (including phenoxy) is 1.